The predicted octanol–water partition coefficient (Wildman–Crippen LogP) is 1.42. The van der Waals surface area contributed by atoms with E-state index in [0.29, 0.717) is 6.42 Å². The number of nitrogens with one attached hydrogen (secondary N) is 1. The van der Waals surface area contributed by atoms with Gasteiger partial charge in [-0.25, -0.2) is 8.78 Å². The van der Waals surface area contributed by atoms with Gasteiger partial charge in [0.1, 0.15) is 0 Å². The van der Waals surface area contributed by atoms with Crippen molar-refractivity contribution in [3.8, 4) is 0 Å². The van der Waals surface area contributed by atoms with Crippen LogP contribution in [0.25, 0.3) is 0 Å². The average Bonchev–Trinajstić information content (AvgIpc) is 1.77. The second-order valence-corrected chi connectivity index (χ2v) is 3.70. The first-order chi connectivity index (χ1) is 4.13. The van der Waals surface area contributed by atoms with E-state index in [2.05, 4.69) is 5.32 Å². The fourth-order valence-electron chi connectivity index (χ4n) is 0.806. The van der Waals surface area contributed by atoms with E-state index in [1.165, 1.54) is 0 Å². The minimum Gasteiger partial charge on any atom is -0.311 e. The molecule has 1 N–H and O–H groups in total. The Bertz CT molecular complexity index is 107. The summed E-state index contributed by atoms with van der Waals surface area (Å²) in [6, 6.07) is 0. The van der Waals surface area contributed by atoms with Crippen molar-refractivity contribution in [2.24, 2.45) is 0 Å². The van der Waals surface area contributed by atoms with Crippen LogP contribution in [0.3, 0.4) is 0 Å². The molecule has 0 amide bonds. The van der Waals surface area contributed by atoms with E-state index in [9.17, 15) is 8.78 Å². The van der Waals surface area contributed by atoms with Crippen LogP contribution in [0, 0.1) is 0 Å². The van der Waals surface area contributed by atoms with Gasteiger partial charge in [0.05, 0.1) is 10.5 Å². The molecule has 0 saturated carbocycles. The lowest BCUT2D eigenvalue weighted by Crippen LogP contribution is -2.46. The molecule has 0 aromatic rings. The Balaban J connectivity index is 2.49. The predicted molar refractivity (Wildman–Crippen MR) is 40.2 cm³/mol. The summed E-state index contributed by atoms with van der Waals surface area (Å²) in [7, 11) is 0. The molecular formula is C5H8F2IN. The molecule has 0 aromatic heterocycles. The molecule has 1 aliphatic rings. The molecule has 1 unspecified atom stereocenters. The summed E-state index contributed by atoms with van der Waals surface area (Å²) in [5, 5.41) is 2.65. The third-order valence-corrected chi connectivity index (χ3v) is 2.93. The van der Waals surface area contributed by atoms with Crippen LogP contribution in [0.5, 0.6) is 0 Å². The fourth-order valence-corrected chi connectivity index (χ4v) is 1.34. The van der Waals surface area contributed by atoms with Crippen molar-refractivity contribution in [2.45, 2.75) is 16.3 Å². The third-order valence-electron chi connectivity index (χ3n) is 1.39. The van der Waals surface area contributed by atoms with E-state index < -0.39 is 9.85 Å². The smallest absolute Gasteiger partial charge is 0.271 e. The molecule has 9 heavy (non-hydrogen) atoms. The molecule has 1 atom stereocenters. The Hall–Kier alpha value is 0.550. The standard InChI is InChI=1S/C5H8F2IN/c6-5(7)3-9-2-1-4(5)8/h4,9H,1-3H2. The molecule has 0 aliphatic carbocycles. The van der Waals surface area contributed by atoms with Crippen LogP contribution < -0.4 is 5.32 Å². The number of alkyl halides is 3. The fraction of sp³-hybridized carbons (Fsp3) is 1.00. The second kappa shape index (κ2) is 2.65. The molecule has 4 heteroatoms. The van der Waals surface area contributed by atoms with Gasteiger partial charge < -0.3 is 5.32 Å². The molecule has 1 rings (SSSR count). The molecule has 1 saturated heterocycles. The van der Waals surface area contributed by atoms with Crippen molar-refractivity contribution >= 4 is 22.6 Å². The van der Waals surface area contributed by atoms with E-state index in [1.807, 2.05) is 22.6 Å². The summed E-state index contributed by atoms with van der Waals surface area (Å²) in [6.07, 6.45) is 0.577. The lowest BCUT2D eigenvalue weighted by Gasteiger charge is -2.27. The minimum absolute atomic E-state index is 0.152. The zero-order valence-electron chi connectivity index (χ0n) is 4.83. The van der Waals surface area contributed by atoms with E-state index in [1.54, 1.807) is 0 Å². The number of hydrogen-bond acceptors (Lipinski definition) is 1. The normalized spacial score (nSPS) is 34.3. The van der Waals surface area contributed by atoms with Gasteiger partial charge >= 0.3 is 0 Å². The zero-order chi connectivity index (χ0) is 6.91. The highest BCUT2D eigenvalue weighted by molar-refractivity contribution is 14.1. The van der Waals surface area contributed by atoms with E-state index in [4.69, 9.17) is 0 Å². The van der Waals surface area contributed by atoms with Gasteiger partial charge in [-0.3, -0.25) is 0 Å². The maximum atomic E-state index is 12.5. The van der Waals surface area contributed by atoms with Crippen LogP contribution in [0.15, 0.2) is 0 Å². The Morgan fingerprint density at radius 1 is 1.56 bits per heavy atom. The van der Waals surface area contributed by atoms with Crippen molar-refractivity contribution in [3.05, 3.63) is 0 Å². The van der Waals surface area contributed by atoms with Crippen molar-refractivity contribution in [1.82, 2.24) is 5.32 Å². The summed E-state index contributed by atoms with van der Waals surface area (Å²) in [6.45, 7) is 0.573. The summed E-state index contributed by atoms with van der Waals surface area (Å²) in [5.41, 5.74) is 0. The van der Waals surface area contributed by atoms with Crippen LogP contribution >= 0.6 is 22.6 Å². The highest BCUT2D eigenvalue weighted by Gasteiger charge is 2.39. The van der Waals surface area contributed by atoms with Crippen LogP contribution in [-0.2, 0) is 0 Å². The molecule has 0 bridgehead atoms. The van der Waals surface area contributed by atoms with Gasteiger partial charge in [-0.15, -0.1) is 0 Å². The highest BCUT2D eigenvalue weighted by Crippen LogP contribution is 2.29. The van der Waals surface area contributed by atoms with E-state index in [0.717, 1.165) is 6.54 Å². The molecule has 1 fully saturated rings. The summed E-state index contributed by atoms with van der Waals surface area (Å²) in [4.78, 5) is 0. The maximum absolute atomic E-state index is 12.5. The van der Waals surface area contributed by atoms with E-state index >= 15 is 0 Å². The van der Waals surface area contributed by atoms with Crippen molar-refractivity contribution in [3.63, 3.8) is 0 Å². The molecule has 1 heterocycles. The SMILES string of the molecule is FC1(F)CNCCC1I. The van der Waals surface area contributed by atoms with Crippen LogP contribution in [-0.4, -0.2) is 22.9 Å². The summed E-state index contributed by atoms with van der Waals surface area (Å²) >= 11 is 1.81. The van der Waals surface area contributed by atoms with Gasteiger partial charge in [-0.05, 0) is 13.0 Å². The van der Waals surface area contributed by atoms with Crippen molar-refractivity contribution in [2.75, 3.05) is 13.1 Å². The first-order valence-corrected chi connectivity index (χ1v) is 4.10. The molecule has 0 spiro atoms. The minimum atomic E-state index is -2.49. The Morgan fingerprint density at radius 2 is 2.22 bits per heavy atom. The van der Waals surface area contributed by atoms with Gasteiger partial charge in [0, 0.05) is 0 Å². The lowest BCUT2D eigenvalue weighted by atomic mass is 10.1. The molecule has 0 aromatic carbocycles. The maximum Gasteiger partial charge on any atom is 0.271 e. The Kier molecular flexibility index (Phi) is 2.26. The van der Waals surface area contributed by atoms with Gasteiger partial charge in [-0.1, -0.05) is 22.6 Å². The first-order valence-electron chi connectivity index (χ1n) is 2.85. The Labute approximate surface area is 66.3 Å². The highest BCUT2D eigenvalue weighted by atomic mass is 127. The van der Waals surface area contributed by atoms with Crippen LogP contribution in [0.2, 0.25) is 0 Å². The zero-order valence-corrected chi connectivity index (χ0v) is 6.99. The van der Waals surface area contributed by atoms with Crippen molar-refractivity contribution in [1.29, 1.82) is 0 Å². The largest absolute Gasteiger partial charge is 0.311 e. The van der Waals surface area contributed by atoms with Crippen molar-refractivity contribution < 1.29 is 8.78 Å². The van der Waals surface area contributed by atoms with Gasteiger partial charge in [0.25, 0.3) is 5.92 Å². The topological polar surface area (TPSA) is 12.0 Å². The number of piperidine rings is 1. The summed E-state index contributed by atoms with van der Waals surface area (Å²) in [5.74, 6) is -2.49. The molecule has 0 radical (unpaired) electrons. The number of halogens is 3. The number of hydrogen-bond donors (Lipinski definition) is 1. The molecule has 1 aliphatic heterocycles. The van der Waals surface area contributed by atoms with Crippen LogP contribution in [0.4, 0.5) is 8.78 Å². The lowest BCUT2D eigenvalue weighted by molar-refractivity contribution is -0.00914. The quantitative estimate of drug-likeness (QED) is 0.504. The van der Waals surface area contributed by atoms with Gasteiger partial charge in [-0.2, -0.15) is 0 Å². The molecule has 54 valence electrons. The monoisotopic (exact) mass is 247 g/mol. The second-order valence-electron chi connectivity index (χ2n) is 2.19. The summed E-state index contributed by atoms with van der Waals surface area (Å²) < 4.78 is 24.6. The average molecular weight is 247 g/mol. The van der Waals surface area contributed by atoms with Crippen LogP contribution in [0.1, 0.15) is 6.42 Å². The van der Waals surface area contributed by atoms with E-state index in [-0.39, 0.29) is 6.54 Å². The van der Waals surface area contributed by atoms with Gasteiger partial charge in [0.2, 0.25) is 0 Å². The first kappa shape index (κ1) is 7.65. The number of rotatable bonds is 0. The molecular weight excluding hydrogens is 239 g/mol. The third kappa shape index (κ3) is 1.73. The Morgan fingerprint density at radius 3 is 2.56 bits per heavy atom. The van der Waals surface area contributed by atoms with Gasteiger partial charge in [0.15, 0.2) is 0 Å². The molecule has 1 nitrogen and oxygen atoms in total.